The lowest BCUT2D eigenvalue weighted by Crippen LogP contribution is -2.44. The number of nitrogens with zero attached hydrogens (tertiary/aromatic N) is 1. The molecule has 1 atom stereocenters. The molecule has 9 heteroatoms. The van der Waals surface area contributed by atoms with Crippen LogP contribution in [0, 0.1) is 0 Å². The first-order valence-electron chi connectivity index (χ1n) is 12.0. The van der Waals surface area contributed by atoms with Gasteiger partial charge in [-0.05, 0) is 80.2 Å². The molecule has 192 valence electrons. The normalized spacial score (nSPS) is 16.9. The maximum atomic E-state index is 14.0. The van der Waals surface area contributed by atoms with E-state index in [-0.39, 0.29) is 34.7 Å². The van der Waals surface area contributed by atoms with Crippen molar-refractivity contribution in [1.29, 1.82) is 0 Å². The van der Waals surface area contributed by atoms with E-state index in [0.29, 0.717) is 11.6 Å². The maximum absolute atomic E-state index is 14.0. The zero-order chi connectivity index (χ0) is 25.6. The minimum Gasteiger partial charge on any atom is -0.348 e. The lowest BCUT2D eigenvalue weighted by Gasteiger charge is -2.33. The molecule has 4 nitrogen and oxygen atoms in total. The summed E-state index contributed by atoms with van der Waals surface area (Å²) in [7, 11) is 1.87. The zero-order valence-electron chi connectivity index (χ0n) is 20.1. The summed E-state index contributed by atoms with van der Waals surface area (Å²) in [6.45, 7) is 3.88. The summed E-state index contributed by atoms with van der Waals surface area (Å²) in [6, 6.07) is 8.25. The summed E-state index contributed by atoms with van der Waals surface area (Å²) in [6.07, 6.45) is 0.232. The minimum absolute atomic E-state index is 0.0307. The highest BCUT2D eigenvalue weighted by Gasteiger charge is 2.36. The van der Waals surface area contributed by atoms with E-state index in [1.165, 1.54) is 6.07 Å². The van der Waals surface area contributed by atoms with Crippen LogP contribution in [0.1, 0.15) is 65.2 Å². The number of hydrogen-bond donors (Lipinski definition) is 2. The Balaban J connectivity index is 1.81. The molecule has 1 saturated heterocycles. The fourth-order valence-electron chi connectivity index (χ4n) is 4.49. The Morgan fingerprint density at radius 1 is 1.23 bits per heavy atom. The van der Waals surface area contributed by atoms with Crippen molar-refractivity contribution >= 4 is 33.4 Å². The predicted octanol–water partition coefficient (Wildman–Crippen LogP) is 6.58. The molecule has 1 fully saturated rings. The van der Waals surface area contributed by atoms with Crippen LogP contribution in [0.2, 0.25) is 5.02 Å². The van der Waals surface area contributed by atoms with Gasteiger partial charge in [0.2, 0.25) is 0 Å². The third kappa shape index (κ3) is 7.68. The molecule has 1 heterocycles. The van der Waals surface area contributed by atoms with Crippen molar-refractivity contribution in [1.82, 2.24) is 15.5 Å². The Kier molecular flexibility index (Phi) is 10.0. The second kappa shape index (κ2) is 12.6. The fourth-order valence-corrected chi connectivity index (χ4v) is 5.27. The Morgan fingerprint density at radius 3 is 2.69 bits per heavy atom. The van der Waals surface area contributed by atoms with Crippen molar-refractivity contribution in [2.75, 3.05) is 20.1 Å². The van der Waals surface area contributed by atoms with Crippen LogP contribution in [0.3, 0.4) is 0 Å². The highest BCUT2D eigenvalue weighted by Crippen LogP contribution is 2.37. The number of unbranched alkanes of at least 4 members (excludes halogenated alkanes) is 1. The van der Waals surface area contributed by atoms with E-state index in [1.54, 1.807) is 6.07 Å². The number of benzene rings is 2. The SMILES string of the molecule is CCCCc1ccc(Cl)cc1CNC(=O)c1cc(Br)c(CN2CCC[C@@H](NC)C2)c(C(F)(F)F)c1. The second-order valence-electron chi connectivity index (χ2n) is 9.04. The Hall–Kier alpha value is -1.61. The van der Waals surface area contributed by atoms with Gasteiger partial charge in [-0.25, -0.2) is 0 Å². The quantitative estimate of drug-likeness (QED) is 0.356. The van der Waals surface area contributed by atoms with E-state index in [4.69, 9.17) is 11.6 Å². The molecule has 0 aromatic heterocycles. The van der Waals surface area contributed by atoms with Crippen LogP contribution in [0.5, 0.6) is 0 Å². The topological polar surface area (TPSA) is 44.4 Å². The number of halogens is 5. The van der Waals surface area contributed by atoms with E-state index in [2.05, 4.69) is 33.5 Å². The first kappa shape index (κ1) is 28.0. The van der Waals surface area contributed by atoms with E-state index < -0.39 is 17.6 Å². The van der Waals surface area contributed by atoms with Crippen molar-refractivity contribution in [2.45, 2.75) is 64.3 Å². The lowest BCUT2D eigenvalue weighted by molar-refractivity contribution is -0.138. The number of likely N-dealkylation sites (tertiary alicyclic amines) is 1. The molecule has 0 bridgehead atoms. The van der Waals surface area contributed by atoms with Gasteiger partial charge in [0.1, 0.15) is 0 Å². The lowest BCUT2D eigenvalue weighted by atomic mass is 9.99. The van der Waals surface area contributed by atoms with Crippen LogP contribution < -0.4 is 10.6 Å². The molecule has 0 radical (unpaired) electrons. The van der Waals surface area contributed by atoms with Gasteiger partial charge in [-0.1, -0.05) is 46.9 Å². The standard InChI is InChI=1S/C26H32BrClF3N3O/c1-3-4-6-17-8-9-20(28)11-19(17)14-33-25(35)18-12-23(26(29,30)31)22(24(27)13-18)16-34-10-5-7-21(15-34)32-2/h8-9,11-13,21,32H,3-7,10,14-16H2,1-2H3,(H,33,35)/t21-/m1/s1. The van der Waals surface area contributed by atoms with Crippen LogP contribution in [-0.2, 0) is 25.7 Å². The number of aryl methyl sites for hydroxylation is 1. The van der Waals surface area contributed by atoms with Crippen molar-refractivity contribution < 1.29 is 18.0 Å². The minimum atomic E-state index is -4.58. The van der Waals surface area contributed by atoms with E-state index in [0.717, 1.165) is 55.8 Å². The Labute approximate surface area is 218 Å². The molecule has 2 aromatic rings. The van der Waals surface area contributed by atoms with Gasteiger partial charge in [-0.3, -0.25) is 9.69 Å². The third-order valence-corrected chi connectivity index (χ3v) is 7.41. The maximum Gasteiger partial charge on any atom is 0.416 e. The molecule has 3 rings (SSSR count). The number of piperidine rings is 1. The van der Waals surface area contributed by atoms with Gasteiger partial charge in [0.15, 0.2) is 0 Å². The zero-order valence-corrected chi connectivity index (χ0v) is 22.4. The number of nitrogens with one attached hydrogen (secondary N) is 2. The van der Waals surface area contributed by atoms with Crippen molar-refractivity contribution in [3.05, 3.63) is 67.6 Å². The average Bonchev–Trinajstić information content (AvgIpc) is 2.82. The summed E-state index contributed by atoms with van der Waals surface area (Å²) in [4.78, 5) is 14.9. The van der Waals surface area contributed by atoms with Crippen LogP contribution >= 0.6 is 27.5 Å². The van der Waals surface area contributed by atoms with Gasteiger partial charge in [-0.15, -0.1) is 0 Å². The van der Waals surface area contributed by atoms with Crippen LogP contribution in [0.15, 0.2) is 34.8 Å². The molecule has 35 heavy (non-hydrogen) atoms. The van der Waals surface area contributed by atoms with Crippen LogP contribution in [0.4, 0.5) is 13.2 Å². The number of alkyl halides is 3. The Morgan fingerprint density at radius 2 is 2.00 bits per heavy atom. The van der Waals surface area contributed by atoms with E-state index >= 15 is 0 Å². The first-order valence-corrected chi connectivity index (χ1v) is 13.1. The summed E-state index contributed by atoms with van der Waals surface area (Å²) >= 11 is 9.46. The molecule has 0 spiro atoms. The van der Waals surface area contributed by atoms with E-state index in [9.17, 15) is 18.0 Å². The number of carbonyl (C=O) groups is 1. The second-order valence-corrected chi connectivity index (χ2v) is 10.3. The molecular formula is C26H32BrClF3N3O. The highest BCUT2D eigenvalue weighted by molar-refractivity contribution is 9.10. The monoisotopic (exact) mass is 573 g/mol. The first-order chi connectivity index (χ1) is 16.6. The third-order valence-electron chi connectivity index (χ3n) is 6.47. The fraction of sp³-hybridized carbons (Fsp3) is 0.500. The van der Waals surface area contributed by atoms with Crippen LogP contribution in [0.25, 0.3) is 0 Å². The number of likely N-dealkylation sites (N-methyl/N-ethyl adjacent to an activating group) is 1. The van der Waals surface area contributed by atoms with Crippen molar-refractivity contribution in [2.24, 2.45) is 0 Å². The van der Waals surface area contributed by atoms with Crippen molar-refractivity contribution in [3.63, 3.8) is 0 Å². The summed E-state index contributed by atoms with van der Waals surface area (Å²) < 4.78 is 42.4. The Bertz CT molecular complexity index is 1030. The molecule has 2 aromatic carbocycles. The molecule has 0 saturated carbocycles. The molecule has 1 amide bonds. The molecule has 1 aliphatic heterocycles. The number of hydrogen-bond acceptors (Lipinski definition) is 3. The molecular weight excluding hydrogens is 543 g/mol. The number of rotatable bonds is 9. The van der Waals surface area contributed by atoms with E-state index in [1.807, 2.05) is 24.1 Å². The highest BCUT2D eigenvalue weighted by atomic mass is 79.9. The summed E-state index contributed by atoms with van der Waals surface area (Å²) in [5.41, 5.74) is 1.29. The van der Waals surface area contributed by atoms with Gasteiger partial charge < -0.3 is 10.6 Å². The number of carbonyl (C=O) groups excluding carboxylic acids is 1. The molecule has 2 N–H and O–H groups in total. The van der Waals surface area contributed by atoms with Gasteiger partial charge in [0.25, 0.3) is 5.91 Å². The summed E-state index contributed by atoms with van der Waals surface area (Å²) in [5, 5.41) is 6.54. The van der Waals surface area contributed by atoms with Gasteiger partial charge >= 0.3 is 6.18 Å². The van der Waals surface area contributed by atoms with Gasteiger partial charge in [-0.2, -0.15) is 13.2 Å². The van der Waals surface area contributed by atoms with Gasteiger partial charge in [0.05, 0.1) is 5.56 Å². The summed E-state index contributed by atoms with van der Waals surface area (Å²) in [5.74, 6) is -0.558. The van der Waals surface area contributed by atoms with Crippen molar-refractivity contribution in [3.8, 4) is 0 Å². The smallest absolute Gasteiger partial charge is 0.348 e. The van der Waals surface area contributed by atoms with Gasteiger partial charge in [0, 0.05) is 40.7 Å². The predicted molar refractivity (Wildman–Crippen MR) is 138 cm³/mol. The largest absolute Gasteiger partial charge is 0.416 e. The molecule has 0 unspecified atom stereocenters. The molecule has 0 aliphatic carbocycles. The van der Waals surface area contributed by atoms with Crippen LogP contribution in [-0.4, -0.2) is 37.0 Å². The average molecular weight is 575 g/mol. The number of amides is 1. The molecule has 1 aliphatic rings.